The number of benzene rings is 7. The van der Waals surface area contributed by atoms with Gasteiger partial charge in [-0.25, -0.2) is 9.97 Å². The van der Waals surface area contributed by atoms with E-state index in [0.717, 1.165) is 33.8 Å². The molecule has 2 aromatic heterocycles. The molecule has 0 radical (unpaired) electrons. The van der Waals surface area contributed by atoms with Gasteiger partial charge in [-0.2, -0.15) is 0 Å². The number of para-hydroxylation sites is 2. The van der Waals surface area contributed by atoms with E-state index in [1.54, 1.807) is 0 Å². The minimum Gasteiger partial charge on any atom is -0.309 e. The molecule has 0 spiro atoms. The van der Waals surface area contributed by atoms with Crippen LogP contribution in [-0.2, 0) is 5.41 Å². The minimum absolute atomic E-state index is 0.0572. The van der Waals surface area contributed by atoms with Crippen molar-refractivity contribution in [2.45, 2.75) is 31.2 Å². The number of aromatic nitrogens is 3. The van der Waals surface area contributed by atoms with Gasteiger partial charge in [0.1, 0.15) is 0 Å². The van der Waals surface area contributed by atoms with E-state index in [1.807, 2.05) is 0 Å². The van der Waals surface area contributed by atoms with Gasteiger partial charge in [-0.1, -0.05) is 147 Å². The van der Waals surface area contributed by atoms with E-state index in [0.29, 0.717) is 0 Å². The molecule has 0 amide bonds. The molecule has 3 aliphatic rings. The van der Waals surface area contributed by atoms with E-state index in [9.17, 15) is 0 Å². The summed E-state index contributed by atoms with van der Waals surface area (Å²) in [6.07, 6.45) is 9.01. The van der Waals surface area contributed by atoms with Crippen LogP contribution >= 0.6 is 0 Å². The second-order valence-corrected chi connectivity index (χ2v) is 16.1. The number of hydrogen-bond donors (Lipinski definition) is 0. The van der Waals surface area contributed by atoms with E-state index < -0.39 is 0 Å². The topological polar surface area (TPSA) is 34.0 Å². The van der Waals surface area contributed by atoms with Gasteiger partial charge in [0.15, 0.2) is 0 Å². The molecule has 12 rings (SSSR count). The first-order valence-electron chi connectivity index (χ1n) is 19.9. The Morgan fingerprint density at radius 2 is 1.28 bits per heavy atom. The number of allylic oxidation sites excluding steroid dienone is 2. The van der Waals surface area contributed by atoms with Crippen LogP contribution in [0.5, 0.6) is 0 Å². The summed E-state index contributed by atoms with van der Waals surface area (Å²) in [5, 5.41) is 3.63. The van der Waals surface area contributed by atoms with Crippen LogP contribution in [0.2, 0.25) is 0 Å². The van der Waals surface area contributed by atoms with E-state index in [4.69, 9.17) is 9.97 Å². The number of rotatable bonds is 4. The molecule has 0 saturated heterocycles. The van der Waals surface area contributed by atoms with Crippen molar-refractivity contribution in [1.82, 2.24) is 14.5 Å². The lowest BCUT2D eigenvalue weighted by atomic mass is 9.82. The van der Waals surface area contributed by atoms with Crippen LogP contribution in [0.4, 0.5) is 11.6 Å². The maximum atomic E-state index is 5.57. The fourth-order valence-corrected chi connectivity index (χ4v) is 10.1. The molecule has 4 nitrogen and oxygen atoms in total. The van der Waals surface area contributed by atoms with Gasteiger partial charge in [-0.3, -0.25) is 0 Å². The Morgan fingerprint density at radius 3 is 2.16 bits per heavy atom. The lowest BCUT2D eigenvalue weighted by Crippen LogP contribution is -2.30. The molecular formula is C53H38N4. The predicted molar refractivity (Wildman–Crippen MR) is 236 cm³/mol. The van der Waals surface area contributed by atoms with Gasteiger partial charge < -0.3 is 9.47 Å². The van der Waals surface area contributed by atoms with Gasteiger partial charge in [-0.05, 0) is 87.5 Å². The van der Waals surface area contributed by atoms with Gasteiger partial charge >= 0.3 is 0 Å². The third-order valence-electron chi connectivity index (χ3n) is 12.7. The zero-order valence-electron chi connectivity index (χ0n) is 31.8. The first-order valence-corrected chi connectivity index (χ1v) is 19.9. The molecule has 2 aliphatic carbocycles. The molecule has 3 heterocycles. The van der Waals surface area contributed by atoms with Crippen LogP contribution in [0, 0.1) is 0 Å². The molecule has 1 aliphatic heterocycles. The van der Waals surface area contributed by atoms with Crippen LogP contribution < -0.4 is 4.90 Å². The summed E-state index contributed by atoms with van der Waals surface area (Å²) in [6.45, 7) is 4.67. The number of nitrogens with zero attached hydrogens (tertiary/aromatic N) is 4. The third kappa shape index (κ3) is 4.61. The maximum Gasteiger partial charge on any atom is 0.231 e. The zero-order valence-corrected chi connectivity index (χ0v) is 31.8. The van der Waals surface area contributed by atoms with Gasteiger partial charge in [-0.15, -0.1) is 0 Å². The molecule has 0 fully saturated rings. The first-order chi connectivity index (χ1) is 28.0. The standard InChI is InChI=1S/C53H38N4/c1-53(2)42-22-12-9-21-39(42)49-43(53)27-28-44-50(49)51(33-15-5-3-6-16-33)55-52(54-44)57-46-24-14-11-20-38(46)41-32-35(26-30-48(41)57)34-25-29-47-40(31-34)37-19-10-13-23-45(37)56(47)36-17-7-4-8-18-36/h3-32,38,46H,1-2H3. The number of hydrogen-bond acceptors (Lipinski definition) is 3. The summed E-state index contributed by atoms with van der Waals surface area (Å²) in [4.78, 5) is 13.4. The van der Waals surface area contributed by atoms with Gasteiger partial charge in [0, 0.05) is 44.4 Å². The van der Waals surface area contributed by atoms with E-state index >= 15 is 0 Å². The minimum atomic E-state index is -0.117. The van der Waals surface area contributed by atoms with Crippen LogP contribution in [-0.4, -0.2) is 20.6 Å². The summed E-state index contributed by atoms with van der Waals surface area (Å²) in [5.74, 6) is 0.893. The Balaban J connectivity index is 1.03. The summed E-state index contributed by atoms with van der Waals surface area (Å²) in [7, 11) is 0. The molecule has 9 aromatic rings. The molecule has 2 unspecified atom stereocenters. The lowest BCUT2D eigenvalue weighted by molar-refractivity contribution is 0.661. The Kier molecular flexibility index (Phi) is 6.77. The maximum absolute atomic E-state index is 5.57. The molecule has 0 bridgehead atoms. The van der Waals surface area contributed by atoms with Crippen molar-refractivity contribution >= 4 is 44.3 Å². The van der Waals surface area contributed by atoms with Crippen LogP contribution in [0.15, 0.2) is 182 Å². The van der Waals surface area contributed by atoms with Crippen LogP contribution in [0.3, 0.4) is 0 Å². The van der Waals surface area contributed by atoms with Gasteiger partial charge in [0.05, 0.1) is 28.3 Å². The zero-order chi connectivity index (χ0) is 37.8. The molecule has 2 atom stereocenters. The highest BCUT2D eigenvalue weighted by Crippen LogP contribution is 2.54. The Labute approximate surface area is 331 Å². The Hall–Kier alpha value is -7.04. The average molecular weight is 731 g/mol. The second-order valence-electron chi connectivity index (χ2n) is 16.1. The Morgan fingerprint density at radius 1 is 0.561 bits per heavy atom. The van der Waals surface area contributed by atoms with Crippen LogP contribution in [0.1, 0.15) is 36.5 Å². The largest absolute Gasteiger partial charge is 0.309 e. The summed E-state index contributed by atoms with van der Waals surface area (Å²) >= 11 is 0. The normalized spacial score (nSPS) is 17.3. The van der Waals surface area contributed by atoms with Crippen molar-refractivity contribution in [2.24, 2.45) is 0 Å². The quantitative estimate of drug-likeness (QED) is 0.181. The molecule has 270 valence electrons. The smallest absolute Gasteiger partial charge is 0.231 e. The highest BCUT2D eigenvalue weighted by atomic mass is 15.3. The number of fused-ring (bicyclic) bond motifs is 11. The summed E-state index contributed by atoms with van der Waals surface area (Å²) in [6, 6.07) is 57.4. The predicted octanol–water partition coefficient (Wildman–Crippen LogP) is 13.1. The van der Waals surface area contributed by atoms with Gasteiger partial charge in [0.2, 0.25) is 5.95 Å². The second kappa shape index (κ2) is 12.0. The van der Waals surface area contributed by atoms with E-state index in [-0.39, 0.29) is 17.4 Å². The first kappa shape index (κ1) is 32.2. The molecule has 0 saturated carbocycles. The van der Waals surface area contributed by atoms with Crippen molar-refractivity contribution in [2.75, 3.05) is 4.90 Å². The van der Waals surface area contributed by atoms with Crippen molar-refractivity contribution in [3.8, 4) is 39.2 Å². The molecule has 7 aromatic carbocycles. The van der Waals surface area contributed by atoms with Gasteiger partial charge in [0.25, 0.3) is 0 Å². The van der Waals surface area contributed by atoms with Crippen molar-refractivity contribution in [3.05, 3.63) is 199 Å². The lowest BCUT2D eigenvalue weighted by Gasteiger charge is -2.27. The SMILES string of the molecule is CC1(C)c2ccccc2-c2c1ccc1nc(N3c4ccc(-c5ccc6c(c5)c5ccccc5n6-c5ccccc5)cc4C4C=CC=CC43)nc(-c3ccccc3)c21. The number of anilines is 2. The van der Waals surface area contributed by atoms with Crippen LogP contribution in [0.25, 0.3) is 71.9 Å². The third-order valence-corrected chi connectivity index (χ3v) is 12.7. The monoisotopic (exact) mass is 730 g/mol. The molecule has 4 heteroatoms. The fourth-order valence-electron chi connectivity index (χ4n) is 10.1. The van der Waals surface area contributed by atoms with E-state index in [1.165, 1.54) is 66.4 Å². The van der Waals surface area contributed by atoms with Crippen molar-refractivity contribution in [3.63, 3.8) is 0 Å². The molecular weight excluding hydrogens is 693 g/mol. The average Bonchev–Trinajstić information content (AvgIpc) is 3.86. The van der Waals surface area contributed by atoms with E-state index in [2.05, 4.69) is 205 Å². The summed E-state index contributed by atoms with van der Waals surface area (Å²) < 4.78 is 2.37. The van der Waals surface area contributed by atoms with Crippen molar-refractivity contribution < 1.29 is 0 Å². The summed E-state index contributed by atoms with van der Waals surface area (Å²) in [5.41, 5.74) is 16.6. The molecule has 57 heavy (non-hydrogen) atoms. The highest BCUT2D eigenvalue weighted by molar-refractivity contribution is 6.11. The highest BCUT2D eigenvalue weighted by Gasteiger charge is 2.41. The Bertz CT molecular complexity index is 3170. The molecule has 0 N–H and O–H groups in total. The van der Waals surface area contributed by atoms with Crippen molar-refractivity contribution in [1.29, 1.82) is 0 Å². The fraction of sp³-hybridized carbons (Fsp3) is 0.0943.